The van der Waals surface area contributed by atoms with E-state index in [0.717, 1.165) is 6.42 Å². The highest BCUT2D eigenvalue weighted by atomic mass is 16.5. The smallest absolute Gasteiger partial charge is 0.202 e. The van der Waals surface area contributed by atoms with E-state index in [1.807, 2.05) is 42.5 Å². The highest BCUT2D eigenvalue weighted by molar-refractivity contribution is 5.99. The summed E-state index contributed by atoms with van der Waals surface area (Å²) >= 11 is 0. The molecule has 2 aromatic carbocycles. The average Bonchev–Trinajstić information content (AvgIpc) is 2.54. The molecule has 0 saturated heterocycles. The van der Waals surface area contributed by atoms with Gasteiger partial charge in [0, 0.05) is 5.56 Å². The van der Waals surface area contributed by atoms with Crippen LogP contribution in [-0.4, -0.2) is 19.0 Å². The molecular formula is C18H20O3. The van der Waals surface area contributed by atoms with Crippen molar-refractivity contribution < 1.29 is 14.3 Å². The summed E-state index contributed by atoms with van der Waals surface area (Å²) < 4.78 is 11.0. The molecule has 1 unspecified atom stereocenters. The van der Waals surface area contributed by atoms with Crippen molar-refractivity contribution in [2.75, 3.05) is 7.11 Å². The second-order valence-electron chi connectivity index (χ2n) is 4.83. The van der Waals surface area contributed by atoms with E-state index in [4.69, 9.17) is 9.47 Å². The van der Waals surface area contributed by atoms with Crippen LogP contribution in [0.4, 0.5) is 0 Å². The van der Waals surface area contributed by atoms with Gasteiger partial charge in [-0.25, -0.2) is 0 Å². The molecule has 0 bridgehead atoms. The normalized spacial score (nSPS) is 11.8. The van der Waals surface area contributed by atoms with Gasteiger partial charge in [-0.3, -0.25) is 4.79 Å². The molecule has 1 atom stereocenters. The van der Waals surface area contributed by atoms with Gasteiger partial charge in [-0.15, -0.1) is 0 Å². The van der Waals surface area contributed by atoms with Crippen molar-refractivity contribution in [2.24, 2.45) is 0 Å². The number of methoxy groups -OCH3 is 1. The molecule has 3 nitrogen and oxygen atoms in total. The first-order valence-corrected chi connectivity index (χ1v) is 7.08. The Morgan fingerprint density at radius 3 is 2.24 bits per heavy atom. The lowest BCUT2D eigenvalue weighted by Gasteiger charge is -2.16. The van der Waals surface area contributed by atoms with Gasteiger partial charge in [-0.2, -0.15) is 0 Å². The minimum Gasteiger partial charge on any atom is -0.493 e. The van der Waals surface area contributed by atoms with Crippen LogP contribution in [0.3, 0.4) is 0 Å². The van der Waals surface area contributed by atoms with Crippen LogP contribution in [0.5, 0.6) is 11.5 Å². The molecule has 2 aromatic rings. The van der Waals surface area contributed by atoms with E-state index in [9.17, 15) is 4.79 Å². The maximum Gasteiger partial charge on any atom is 0.202 e. The number of ether oxygens (including phenoxy) is 2. The molecule has 0 saturated carbocycles. The van der Waals surface area contributed by atoms with Crippen molar-refractivity contribution in [1.82, 2.24) is 0 Å². The Hall–Kier alpha value is -2.29. The fraction of sp³-hybridized carbons (Fsp3) is 0.278. The first-order chi connectivity index (χ1) is 10.2. The lowest BCUT2D eigenvalue weighted by Crippen LogP contribution is -2.24. The molecule has 0 aromatic heterocycles. The van der Waals surface area contributed by atoms with Crippen LogP contribution in [-0.2, 0) is 6.42 Å². The predicted molar refractivity (Wildman–Crippen MR) is 83.2 cm³/mol. The third-order valence-electron chi connectivity index (χ3n) is 3.39. The molecule has 0 fully saturated rings. The molecule has 0 aliphatic carbocycles. The summed E-state index contributed by atoms with van der Waals surface area (Å²) in [6, 6.07) is 15.0. The highest BCUT2D eigenvalue weighted by Gasteiger charge is 2.18. The maximum absolute atomic E-state index is 12.4. The number of para-hydroxylation sites is 2. The summed E-state index contributed by atoms with van der Waals surface area (Å²) in [5, 5.41) is 0. The van der Waals surface area contributed by atoms with Crippen LogP contribution in [0.2, 0.25) is 0 Å². The molecule has 21 heavy (non-hydrogen) atoms. The number of Topliss-reactive ketones (excluding diaryl/α,β-unsaturated/α-hetero) is 1. The van der Waals surface area contributed by atoms with Crippen LogP contribution in [0.1, 0.15) is 29.8 Å². The van der Waals surface area contributed by atoms with E-state index in [2.05, 4.69) is 6.92 Å². The number of hydrogen-bond acceptors (Lipinski definition) is 3. The van der Waals surface area contributed by atoms with Gasteiger partial charge in [0.25, 0.3) is 0 Å². The number of hydrogen-bond donors (Lipinski definition) is 0. The van der Waals surface area contributed by atoms with Gasteiger partial charge in [0.05, 0.1) is 7.11 Å². The SMILES string of the molecule is CCc1ccc(C(=O)C(C)Oc2ccccc2OC)cc1. The van der Waals surface area contributed by atoms with Gasteiger partial charge in [0.15, 0.2) is 17.6 Å². The first kappa shape index (κ1) is 15.1. The van der Waals surface area contributed by atoms with E-state index in [1.165, 1.54) is 5.56 Å². The Morgan fingerprint density at radius 2 is 1.67 bits per heavy atom. The second kappa shape index (κ2) is 6.93. The van der Waals surface area contributed by atoms with Crippen LogP contribution >= 0.6 is 0 Å². The van der Waals surface area contributed by atoms with Gasteiger partial charge in [-0.1, -0.05) is 43.3 Å². The molecule has 0 aliphatic heterocycles. The second-order valence-corrected chi connectivity index (χ2v) is 4.83. The van der Waals surface area contributed by atoms with Gasteiger partial charge >= 0.3 is 0 Å². The number of ketones is 1. The van der Waals surface area contributed by atoms with Crippen molar-refractivity contribution in [3.63, 3.8) is 0 Å². The van der Waals surface area contributed by atoms with Crippen LogP contribution < -0.4 is 9.47 Å². The van der Waals surface area contributed by atoms with E-state index in [0.29, 0.717) is 17.1 Å². The fourth-order valence-electron chi connectivity index (χ4n) is 2.10. The molecule has 0 amide bonds. The van der Waals surface area contributed by atoms with Crippen LogP contribution in [0, 0.1) is 0 Å². The Morgan fingerprint density at radius 1 is 1.05 bits per heavy atom. The molecule has 2 rings (SSSR count). The summed E-state index contributed by atoms with van der Waals surface area (Å²) in [6.07, 6.45) is 0.399. The molecule has 0 spiro atoms. The Bertz CT molecular complexity index is 602. The van der Waals surface area contributed by atoms with E-state index in [1.54, 1.807) is 20.1 Å². The Labute approximate surface area is 125 Å². The number of rotatable bonds is 6. The van der Waals surface area contributed by atoms with Gasteiger partial charge in [0.1, 0.15) is 0 Å². The molecule has 0 N–H and O–H groups in total. The lowest BCUT2D eigenvalue weighted by molar-refractivity contribution is 0.0814. The van der Waals surface area contributed by atoms with Gasteiger partial charge in [-0.05, 0) is 31.0 Å². The number of carbonyl (C=O) groups is 1. The van der Waals surface area contributed by atoms with E-state index < -0.39 is 6.10 Å². The third-order valence-corrected chi connectivity index (χ3v) is 3.39. The standard InChI is InChI=1S/C18H20O3/c1-4-14-9-11-15(12-10-14)18(19)13(2)21-17-8-6-5-7-16(17)20-3/h5-13H,4H2,1-3H3. The average molecular weight is 284 g/mol. The minimum atomic E-state index is -0.561. The number of benzene rings is 2. The van der Waals surface area contributed by atoms with Crippen LogP contribution in [0.15, 0.2) is 48.5 Å². The van der Waals surface area contributed by atoms with E-state index >= 15 is 0 Å². The predicted octanol–water partition coefficient (Wildman–Crippen LogP) is 3.91. The van der Waals surface area contributed by atoms with Crippen molar-refractivity contribution in [2.45, 2.75) is 26.4 Å². The molecule has 0 radical (unpaired) electrons. The van der Waals surface area contributed by atoms with Crippen molar-refractivity contribution in [1.29, 1.82) is 0 Å². The summed E-state index contributed by atoms with van der Waals surface area (Å²) in [6.45, 7) is 3.84. The quantitative estimate of drug-likeness (QED) is 0.754. The summed E-state index contributed by atoms with van der Waals surface area (Å²) in [5.41, 5.74) is 1.87. The summed E-state index contributed by atoms with van der Waals surface area (Å²) in [4.78, 5) is 12.4. The first-order valence-electron chi connectivity index (χ1n) is 7.08. The Balaban J connectivity index is 2.11. The molecule has 3 heteroatoms. The van der Waals surface area contributed by atoms with Gasteiger partial charge in [0.2, 0.25) is 5.78 Å². The third kappa shape index (κ3) is 3.63. The molecule has 0 heterocycles. The van der Waals surface area contributed by atoms with E-state index in [-0.39, 0.29) is 5.78 Å². The van der Waals surface area contributed by atoms with Crippen molar-refractivity contribution in [3.05, 3.63) is 59.7 Å². The zero-order valence-electron chi connectivity index (χ0n) is 12.6. The highest BCUT2D eigenvalue weighted by Crippen LogP contribution is 2.27. The van der Waals surface area contributed by atoms with Crippen molar-refractivity contribution >= 4 is 5.78 Å². The topological polar surface area (TPSA) is 35.5 Å². The Kier molecular flexibility index (Phi) is 4.99. The van der Waals surface area contributed by atoms with Crippen LogP contribution in [0.25, 0.3) is 0 Å². The number of aryl methyl sites for hydroxylation is 1. The lowest BCUT2D eigenvalue weighted by atomic mass is 10.0. The minimum absolute atomic E-state index is 0.0384. The zero-order valence-corrected chi connectivity index (χ0v) is 12.6. The largest absolute Gasteiger partial charge is 0.493 e. The molecular weight excluding hydrogens is 264 g/mol. The fourth-order valence-corrected chi connectivity index (χ4v) is 2.10. The summed E-state index contributed by atoms with van der Waals surface area (Å²) in [7, 11) is 1.58. The van der Waals surface area contributed by atoms with Crippen molar-refractivity contribution in [3.8, 4) is 11.5 Å². The number of carbonyl (C=O) groups excluding carboxylic acids is 1. The molecule has 110 valence electrons. The maximum atomic E-state index is 12.4. The zero-order chi connectivity index (χ0) is 15.2. The van der Waals surface area contributed by atoms with Gasteiger partial charge < -0.3 is 9.47 Å². The molecule has 0 aliphatic rings. The monoisotopic (exact) mass is 284 g/mol. The summed E-state index contributed by atoms with van der Waals surface area (Å²) in [5.74, 6) is 1.16.